The first-order valence-electron chi connectivity index (χ1n) is 23.9. The number of carbonyl (C=O) groups is 2. The van der Waals surface area contributed by atoms with Crippen LogP contribution in [0.15, 0.2) is 85.0 Å². The molecule has 1 amide bonds. The maximum absolute atomic E-state index is 12.4. The van der Waals surface area contributed by atoms with Gasteiger partial charge < -0.3 is 19.5 Å². The van der Waals surface area contributed by atoms with Crippen LogP contribution in [-0.2, 0) is 14.3 Å². The Morgan fingerprint density at radius 3 is 1.59 bits per heavy atom. The molecule has 9 nitrogen and oxygen atoms in total. The number of β-lactam (4-membered cyclic amide) rings is 1. The Labute approximate surface area is 455 Å². The molecular weight excluding hydrogens is 1100 g/mol. The van der Waals surface area contributed by atoms with Crippen LogP contribution in [0.1, 0.15) is 70.9 Å². The zero-order chi connectivity index (χ0) is 53.6. The van der Waals surface area contributed by atoms with Crippen molar-refractivity contribution in [1.29, 1.82) is 0 Å². The summed E-state index contributed by atoms with van der Waals surface area (Å²) in [7, 11) is -1.40. The van der Waals surface area contributed by atoms with Gasteiger partial charge in [-0.05, 0) is 117 Å². The summed E-state index contributed by atoms with van der Waals surface area (Å²) in [5.41, 5.74) is 10.6. The van der Waals surface area contributed by atoms with Crippen molar-refractivity contribution in [3.8, 4) is 11.5 Å². The van der Waals surface area contributed by atoms with Crippen molar-refractivity contribution >= 4 is 101 Å². The summed E-state index contributed by atoms with van der Waals surface area (Å²) in [5.74, 6) is 1.04. The third-order valence-electron chi connectivity index (χ3n) is 12.1. The number of nitrogens with one attached hydrogen (secondary N) is 1. The molecule has 1 heterocycles. The van der Waals surface area contributed by atoms with Crippen molar-refractivity contribution in [1.82, 2.24) is 4.91 Å². The van der Waals surface area contributed by atoms with Gasteiger partial charge in [0.15, 0.2) is 0 Å². The first-order valence-corrected chi connectivity index (χ1v) is 41.0. The molecule has 0 aliphatic carbocycles. The minimum absolute atomic E-state index is 0. The Bertz CT molecular complexity index is 2490. The monoisotopic (exact) mass is 1180 g/mol. The molecule has 5 rings (SSSR count). The van der Waals surface area contributed by atoms with E-state index in [2.05, 4.69) is 102 Å². The van der Waals surface area contributed by atoms with E-state index in [1.807, 2.05) is 102 Å². The number of carbonyl (C=O) groups excluding carboxylic acids is 2. The van der Waals surface area contributed by atoms with Crippen LogP contribution in [0.2, 0.25) is 88.6 Å². The summed E-state index contributed by atoms with van der Waals surface area (Å²) in [4.78, 5) is 26.5. The van der Waals surface area contributed by atoms with Gasteiger partial charge in [-0.3, -0.25) is 9.69 Å². The zero-order valence-corrected chi connectivity index (χ0v) is 54.6. The van der Waals surface area contributed by atoms with Gasteiger partial charge in [-0.1, -0.05) is 68.1 Å². The number of hydrogen-bond donors (Lipinski definition) is 1. The van der Waals surface area contributed by atoms with Crippen molar-refractivity contribution in [2.45, 2.75) is 147 Å². The van der Waals surface area contributed by atoms with Gasteiger partial charge in [0.1, 0.15) is 11.5 Å². The van der Waals surface area contributed by atoms with Gasteiger partial charge in [0.2, 0.25) is 0 Å². The van der Waals surface area contributed by atoms with Gasteiger partial charge in [0.05, 0.1) is 38.5 Å². The second-order valence-corrected chi connectivity index (χ2v) is 51.2. The van der Waals surface area contributed by atoms with E-state index in [9.17, 15) is 9.59 Å². The van der Waals surface area contributed by atoms with Crippen LogP contribution in [0.4, 0.5) is 11.4 Å². The molecule has 0 spiro atoms. The fraction of sp³-hybridized carbons (Fsp3) is 0.455. The van der Waals surface area contributed by atoms with Crippen LogP contribution < -0.4 is 19.7 Å². The Balaban J connectivity index is 0.000000369. The van der Waals surface area contributed by atoms with Crippen LogP contribution in [0, 0.1) is 41.5 Å². The molecule has 0 unspecified atom stereocenters. The molecule has 71 heavy (non-hydrogen) atoms. The van der Waals surface area contributed by atoms with Gasteiger partial charge in [-0.15, -0.1) is 0 Å². The number of esters is 1. The molecule has 4 aromatic rings. The normalized spacial score (nSPS) is 14.3. The molecule has 1 aliphatic rings. The Hall–Kier alpha value is -3.13. The molecule has 1 aliphatic heterocycles. The van der Waals surface area contributed by atoms with Crippen molar-refractivity contribution in [2.75, 3.05) is 31.0 Å². The van der Waals surface area contributed by atoms with E-state index in [-0.39, 0.29) is 26.0 Å². The molecule has 0 bridgehead atoms. The fourth-order valence-electron chi connectivity index (χ4n) is 8.54. The predicted molar refractivity (Wildman–Crippen MR) is 318 cm³/mol. The number of aryl methyl sites for hydroxylation is 4. The quantitative estimate of drug-likeness (QED) is 0.0514. The number of hydrogen-bond acceptors (Lipinski definition) is 8. The number of amides is 1. The van der Waals surface area contributed by atoms with E-state index >= 15 is 0 Å². The van der Waals surface area contributed by atoms with Gasteiger partial charge >= 0.3 is 144 Å². The third-order valence-corrected chi connectivity index (χ3v) is 53.2. The van der Waals surface area contributed by atoms with Crippen LogP contribution in [0.3, 0.4) is 0 Å². The second-order valence-electron chi connectivity index (χ2n) is 22.1. The summed E-state index contributed by atoms with van der Waals surface area (Å²) in [6.45, 7) is 52.6. The predicted octanol–water partition coefficient (Wildman–Crippen LogP) is 15.6. The Morgan fingerprint density at radius 1 is 0.704 bits per heavy atom. The van der Waals surface area contributed by atoms with E-state index in [0.29, 0.717) is 21.2 Å². The molecule has 0 saturated carbocycles. The van der Waals surface area contributed by atoms with Gasteiger partial charge in [-0.2, -0.15) is 0 Å². The third kappa shape index (κ3) is 16.7. The zero-order valence-electron chi connectivity index (χ0n) is 46.2. The van der Waals surface area contributed by atoms with Crippen molar-refractivity contribution in [2.24, 2.45) is 0 Å². The first kappa shape index (κ1) is 64.0. The number of benzene rings is 4. The van der Waals surface area contributed by atoms with Crippen LogP contribution in [-0.4, -0.2) is 92.2 Å². The van der Waals surface area contributed by atoms with E-state index in [0.717, 1.165) is 67.4 Å². The Morgan fingerprint density at radius 2 is 1.15 bits per heavy atom. The first-order chi connectivity index (χ1) is 32.1. The van der Waals surface area contributed by atoms with E-state index in [1.165, 1.54) is 0 Å². The number of rotatable bonds is 16. The fourth-order valence-corrected chi connectivity index (χ4v) is 42.4. The molecule has 2 atom stereocenters. The van der Waals surface area contributed by atoms with Crippen molar-refractivity contribution in [3.05, 3.63) is 140 Å². The molecule has 16 heteroatoms. The summed E-state index contributed by atoms with van der Waals surface area (Å²) >= 11 is 12.0. The molecule has 390 valence electrons. The summed E-state index contributed by atoms with van der Waals surface area (Å²) in [6.07, 6.45) is 0. The van der Waals surface area contributed by atoms with Crippen LogP contribution in [0.25, 0.3) is 0 Å². The molecule has 1 fully saturated rings. The van der Waals surface area contributed by atoms with Gasteiger partial charge in [-0.25, -0.2) is 4.79 Å². The molecule has 0 aromatic heterocycles. The number of nitrogens with zero attached hydrogens (tertiary/aromatic N) is 3. The average Bonchev–Trinajstić information content (AvgIpc) is 3.24. The maximum atomic E-state index is 12.4. The summed E-state index contributed by atoms with van der Waals surface area (Å²) in [5, 5.41) is 4.71. The molecule has 4 aromatic carbocycles. The number of ether oxygens (including phenoxy) is 3. The Kier molecular flexibility index (Phi) is 23.3. The van der Waals surface area contributed by atoms with Crippen LogP contribution >= 0.6 is 23.2 Å². The molecule has 1 N–H and O–H groups in total. The molecular formula is C55H86Cl2N4O5Si4Sn. The number of anilines is 2. The minimum atomic E-state index is -1.17. The van der Waals surface area contributed by atoms with Crippen LogP contribution in [0.5, 0.6) is 11.5 Å². The van der Waals surface area contributed by atoms with Crippen molar-refractivity contribution in [3.63, 3.8) is 0 Å². The molecule has 1 saturated heterocycles. The van der Waals surface area contributed by atoms with E-state index in [4.69, 9.17) is 37.4 Å². The van der Waals surface area contributed by atoms with Gasteiger partial charge in [0.25, 0.3) is 5.91 Å². The summed E-state index contributed by atoms with van der Waals surface area (Å²) in [6, 6.07) is 18.7. The van der Waals surface area contributed by atoms with Crippen molar-refractivity contribution < 1.29 is 23.8 Å². The number of methoxy groups -OCH3 is 2. The van der Waals surface area contributed by atoms with Gasteiger partial charge in [0, 0.05) is 39.1 Å². The van der Waals surface area contributed by atoms with E-state index < -0.39 is 66.6 Å². The summed E-state index contributed by atoms with van der Waals surface area (Å²) < 4.78 is 22.3. The van der Waals surface area contributed by atoms with E-state index in [1.54, 1.807) is 26.0 Å². The number of halogens is 2. The SMILES string of the molecule is C.C=C(C(=O)OCC)[C@@H](Nc1cc(C)c(C)c(OC)c1)c1ccc(C)c(Cl)c1.C=C1C(=O)N(c2cc(C)c(C)c(OC)c2)[C@H]1c1ccc(C)c(Cl)c1.C[Si](C)(C)[N]([Sn][N]([Si](C)(C)C)[Si](C)(C)C)[Si](C)(C)C. The second kappa shape index (κ2) is 25.9. The standard InChI is InChI=1S/C22H26ClNO3.C20H20ClNO2.2C6H18NSi2.CH4.Sn/c1-7-27-22(25)16(5)21(17-9-8-13(2)19(23)11-17)24-18-10-14(3)15(4)20(12-18)26-6;1-11-6-7-15(9-17(11)21)19-14(4)20(23)22(19)16-8-12(2)13(3)18(10-16)24-5;2*1-8(2,3)7-9(4,5)6;;/h8-12,21,24H,5,7H2,1-4,6H3;6-10,19H,4H2,1-3,5H3;2*1-6H3;1H4;/q;;2*-1;;+2/t21-;19-;;;;/m11..../s1. The molecule has 2 radical (unpaired) electrons. The topological polar surface area (TPSA) is 83.6 Å². The average molecular weight is 1190 g/mol.